The lowest BCUT2D eigenvalue weighted by Gasteiger charge is -2.39. The van der Waals surface area contributed by atoms with Crippen LogP contribution in [-0.2, 0) is 0 Å². The molecule has 0 aromatic carbocycles. The molecule has 1 fully saturated rings. The van der Waals surface area contributed by atoms with Crippen LogP contribution in [0.25, 0.3) is 0 Å². The van der Waals surface area contributed by atoms with Gasteiger partial charge in [-0.1, -0.05) is 0 Å². The standard InChI is InChI=1S/C13H21N3/c1-10-8-16(9-11(2)15-10)12(3)13-4-6-14-7-5-13/h4-7,10-12,15H,8-9H2,1-3H3. The van der Waals surface area contributed by atoms with Crippen LogP contribution in [0.3, 0.4) is 0 Å². The molecule has 2 heterocycles. The Morgan fingerprint density at radius 2 is 1.81 bits per heavy atom. The molecule has 3 heteroatoms. The lowest BCUT2D eigenvalue weighted by atomic mass is 10.0. The van der Waals surface area contributed by atoms with Crippen LogP contribution < -0.4 is 5.32 Å². The SMILES string of the molecule is CC1CN(C(C)c2ccncc2)CC(C)N1. The van der Waals surface area contributed by atoms with Crippen molar-refractivity contribution in [2.24, 2.45) is 0 Å². The van der Waals surface area contributed by atoms with Crippen molar-refractivity contribution in [3.63, 3.8) is 0 Å². The van der Waals surface area contributed by atoms with Gasteiger partial charge in [0, 0.05) is 43.6 Å². The Bertz CT molecular complexity index is 315. The molecular weight excluding hydrogens is 198 g/mol. The molecule has 16 heavy (non-hydrogen) atoms. The third-order valence-corrected chi connectivity index (χ3v) is 3.32. The average Bonchev–Trinajstić information content (AvgIpc) is 2.28. The Labute approximate surface area is 97.9 Å². The van der Waals surface area contributed by atoms with Crippen LogP contribution in [0.5, 0.6) is 0 Å². The maximum Gasteiger partial charge on any atom is 0.0322 e. The summed E-state index contributed by atoms with van der Waals surface area (Å²) in [6, 6.07) is 5.86. The molecule has 1 N–H and O–H groups in total. The third-order valence-electron chi connectivity index (χ3n) is 3.32. The Hall–Kier alpha value is -0.930. The minimum Gasteiger partial charge on any atom is -0.309 e. The fraction of sp³-hybridized carbons (Fsp3) is 0.615. The Balaban J connectivity index is 2.07. The summed E-state index contributed by atoms with van der Waals surface area (Å²) in [4.78, 5) is 6.61. The van der Waals surface area contributed by atoms with Gasteiger partial charge in [-0.25, -0.2) is 0 Å². The van der Waals surface area contributed by atoms with E-state index in [1.54, 1.807) is 0 Å². The van der Waals surface area contributed by atoms with Crippen molar-refractivity contribution < 1.29 is 0 Å². The number of rotatable bonds is 2. The van der Waals surface area contributed by atoms with E-state index in [4.69, 9.17) is 0 Å². The first-order chi connectivity index (χ1) is 7.66. The monoisotopic (exact) mass is 219 g/mol. The second-order valence-corrected chi connectivity index (χ2v) is 4.88. The van der Waals surface area contributed by atoms with Crippen molar-refractivity contribution >= 4 is 0 Å². The van der Waals surface area contributed by atoms with E-state index in [1.165, 1.54) is 5.56 Å². The van der Waals surface area contributed by atoms with E-state index in [0.29, 0.717) is 18.1 Å². The lowest BCUT2D eigenvalue weighted by Crippen LogP contribution is -2.54. The van der Waals surface area contributed by atoms with E-state index in [0.717, 1.165) is 13.1 Å². The molecule has 1 aliphatic heterocycles. The van der Waals surface area contributed by atoms with E-state index >= 15 is 0 Å². The first-order valence-electron chi connectivity index (χ1n) is 6.07. The number of pyridine rings is 1. The third kappa shape index (κ3) is 2.60. The molecule has 1 aromatic heterocycles. The normalized spacial score (nSPS) is 28.9. The summed E-state index contributed by atoms with van der Waals surface area (Å²) in [5, 5.41) is 3.56. The Kier molecular flexibility index (Phi) is 3.56. The quantitative estimate of drug-likeness (QED) is 0.822. The van der Waals surface area contributed by atoms with Crippen molar-refractivity contribution in [1.29, 1.82) is 0 Å². The van der Waals surface area contributed by atoms with Crippen molar-refractivity contribution in [2.45, 2.75) is 38.9 Å². The molecule has 0 aliphatic carbocycles. The molecule has 0 bridgehead atoms. The van der Waals surface area contributed by atoms with Gasteiger partial charge >= 0.3 is 0 Å². The van der Waals surface area contributed by atoms with E-state index in [-0.39, 0.29) is 0 Å². The first-order valence-corrected chi connectivity index (χ1v) is 6.07. The number of nitrogens with zero attached hydrogens (tertiary/aromatic N) is 2. The number of piperazine rings is 1. The largest absolute Gasteiger partial charge is 0.309 e. The highest BCUT2D eigenvalue weighted by Gasteiger charge is 2.25. The highest BCUT2D eigenvalue weighted by Crippen LogP contribution is 2.21. The molecule has 0 amide bonds. The van der Waals surface area contributed by atoms with Crippen LogP contribution in [0.4, 0.5) is 0 Å². The minimum absolute atomic E-state index is 0.481. The molecule has 3 unspecified atom stereocenters. The number of nitrogens with one attached hydrogen (secondary N) is 1. The van der Waals surface area contributed by atoms with Crippen molar-refractivity contribution in [1.82, 2.24) is 15.2 Å². The van der Waals surface area contributed by atoms with Crippen molar-refractivity contribution in [3.05, 3.63) is 30.1 Å². The highest BCUT2D eigenvalue weighted by atomic mass is 15.2. The summed E-state index contributed by atoms with van der Waals surface area (Å²) in [6.07, 6.45) is 3.75. The summed E-state index contributed by atoms with van der Waals surface area (Å²) < 4.78 is 0. The maximum atomic E-state index is 4.07. The summed E-state index contributed by atoms with van der Waals surface area (Å²) >= 11 is 0. The molecule has 2 rings (SSSR count). The molecule has 0 saturated carbocycles. The van der Waals surface area contributed by atoms with Gasteiger partial charge in [0.05, 0.1) is 0 Å². The van der Waals surface area contributed by atoms with E-state index in [1.807, 2.05) is 12.4 Å². The smallest absolute Gasteiger partial charge is 0.0322 e. The van der Waals surface area contributed by atoms with E-state index in [9.17, 15) is 0 Å². The maximum absolute atomic E-state index is 4.07. The van der Waals surface area contributed by atoms with Gasteiger partial charge in [-0.3, -0.25) is 9.88 Å². The molecule has 1 saturated heterocycles. The van der Waals surface area contributed by atoms with E-state index in [2.05, 4.69) is 48.1 Å². The second-order valence-electron chi connectivity index (χ2n) is 4.88. The zero-order valence-corrected chi connectivity index (χ0v) is 10.4. The minimum atomic E-state index is 0.481. The molecule has 3 nitrogen and oxygen atoms in total. The fourth-order valence-corrected chi connectivity index (χ4v) is 2.54. The zero-order chi connectivity index (χ0) is 11.5. The molecule has 1 aliphatic rings. The second kappa shape index (κ2) is 4.93. The summed E-state index contributed by atoms with van der Waals surface area (Å²) in [5.41, 5.74) is 1.36. The lowest BCUT2D eigenvalue weighted by molar-refractivity contribution is 0.131. The van der Waals surface area contributed by atoms with E-state index < -0.39 is 0 Å². The van der Waals surface area contributed by atoms with Gasteiger partial charge in [0.1, 0.15) is 0 Å². The van der Waals surface area contributed by atoms with Crippen molar-refractivity contribution in [3.8, 4) is 0 Å². The summed E-state index contributed by atoms with van der Waals surface area (Å²) in [5.74, 6) is 0. The predicted molar refractivity (Wildman–Crippen MR) is 66.3 cm³/mol. The van der Waals surface area contributed by atoms with Gasteiger partial charge < -0.3 is 5.32 Å². The Morgan fingerprint density at radius 3 is 2.38 bits per heavy atom. The van der Waals surface area contributed by atoms with Crippen molar-refractivity contribution in [2.75, 3.05) is 13.1 Å². The average molecular weight is 219 g/mol. The van der Waals surface area contributed by atoms with Gasteiger partial charge in [0.2, 0.25) is 0 Å². The topological polar surface area (TPSA) is 28.2 Å². The summed E-state index contributed by atoms with van der Waals surface area (Å²) in [6.45, 7) is 9.02. The van der Waals surface area contributed by atoms with Crippen LogP contribution in [0.15, 0.2) is 24.5 Å². The van der Waals surface area contributed by atoms with Crippen LogP contribution in [0.1, 0.15) is 32.4 Å². The highest BCUT2D eigenvalue weighted by molar-refractivity contribution is 5.14. The zero-order valence-electron chi connectivity index (χ0n) is 10.4. The molecule has 0 radical (unpaired) electrons. The molecule has 3 atom stereocenters. The van der Waals surface area contributed by atoms with Gasteiger partial charge in [0.15, 0.2) is 0 Å². The molecule has 88 valence electrons. The number of hydrogen-bond donors (Lipinski definition) is 1. The molecular formula is C13H21N3. The Morgan fingerprint density at radius 1 is 1.25 bits per heavy atom. The molecule has 0 spiro atoms. The number of hydrogen-bond acceptors (Lipinski definition) is 3. The van der Waals surface area contributed by atoms with Crippen LogP contribution in [0.2, 0.25) is 0 Å². The van der Waals surface area contributed by atoms with Crippen LogP contribution in [0, 0.1) is 0 Å². The first kappa shape index (κ1) is 11.6. The van der Waals surface area contributed by atoms with Gasteiger partial charge in [-0.15, -0.1) is 0 Å². The number of aromatic nitrogens is 1. The van der Waals surface area contributed by atoms with Crippen LogP contribution >= 0.6 is 0 Å². The predicted octanol–water partition coefficient (Wildman–Crippen LogP) is 1.82. The van der Waals surface area contributed by atoms with Gasteiger partial charge in [-0.05, 0) is 38.5 Å². The van der Waals surface area contributed by atoms with Crippen LogP contribution in [-0.4, -0.2) is 35.1 Å². The van der Waals surface area contributed by atoms with Gasteiger partial charge in [-0.2, -0.15) is 0 Å². The summed E-state index contributed by atoms with van der Waals surface area (Å²) in [7, 11) is 0. The van der Waals surface area contributed by atoms with Gasteiger partial charge in [0.25, 0.3) is 0 Å². The fourth-order valence-electron chi connectivity index (χ4n) is 2.54. The molecule has 1 aromatic rings.